The largest absolute Gasteiger partial charge is 0.462 e. The van der Waals surface area contributed by atoms with Crippen molar-refractivity contribution in [3.8, 4) is 0 Å². The van der Waals surface area contributed by atoms with Crippen LogP contribution in [-0.4, -0.2) is 27.5 Å². The first kappa shape index (κ1) is 14.1. The highest BCUT2D eigenvalue weighted by Gasteiger charge is 2.14. The van der Waals surface area contributed by atoms with Gasteiger partial charge in [0.2, 0.25) is 0 Å². The predicted octanol–water partition coefficient (Wildman–Crippen LogP) is 2.20. The fourth-order valence-electron chi connectivity index (χ4n) is 1.88. The second kappa shape index (κ2) is 6.75. The SMILES string of the molecule is CCOC(=O)c1cnc(Cc2ccncc2)nc1CC. The van der Waals surface area contributed by atoms with E-state index < -0.39 is 0 Å². The summed E-state index contributed by atoms with van der Waals surface area (Å²) in [5.74, 6) is 0.334. The van der Waals surface area contributed by atoms with E-state index in [1.165, 1.54) is 0 Å². The lowest BCUT2D eigenvalue weighted by atomic mass is 10.1. The van der Waals surface area contributed by atoms with Crippen LogP contribution in [0, 0.1) is 0 Å². The van der Waals surface area contributed by atoms with E-state index in [1.54, 1.807) is 25.5 Å². The molecule has 0 atom stereocenters. The third-order valence-electron chi connectivity index (χ3n) is 2.86. The molecule has 0 N–H and O–H groups in total. The summed E-state index contributed by atoms with van der Waals surface area (Å²) in [6, 6.07) is 3.85. The van der Waals surface area contributed by atoms with Crippen LogP contribution < -0.4 is 0 Å². The monoisotopic (exact) mass is 271 g/mol. The van der Waals surface area contributed by atoms with E-state index in [0.29, 0.717) is 30.8 Å². The number of carbonyl (C=O) groups is 1. The van der Waals surface area contributed by atoms with Crippen molar-refractivity contribution in [3.05, 3.63) is 53.4 Å². The molecule has 0 aliphatic rings. The lowest BCUT2D eigenvalue weighted by molar-refractivity contribution is 0.0524. The topological polar surface area (TPSA) is 65.0 Å². The Bertz CT molecular complexity index is 585. The average molecular weight is 271 g/mol. The van der Waals surface area contributed by atoms with Crippen LogP contribution in [0.1, 0.15) is 41.3 Å². The number of hydrogen-bond acceptors (Lipinski definition) is 5. The van der Waals surface area contributed by atoms with Gasteiger partial charge in [-0.3, -0.25) is 4.98 Å². The van der Waals surface area contributed by atoms with Gasteiger partial charge < -0.3 is 4.74 Å². The highest BCUT2D eigenvalue weighted by atomic mass is 16.5. The van der Waals surface area contributed by atoms with Gasteiger partial charge in [0.1, 0.15) is 5.82 Å². The third kappa shape index (κ3) is 3.38. The molecule has 0 spiro atoms. The molecule has 0 amide bonds. The second-order valence-corrected chi connectivity index (χ2v) is 4.25. The maximum Gasteiger partial charge on any atom is 0.341 e. The fourth-order valence-corrected chi connectivity index (χ4v) is 1.88. The first-order chi connectivity index (χ1) is 9.74. The van der Waals surface area contributed by atoms with E-state index in [-0.39, 0.29) is 5.97 Å². The zero-order chi connectivity index (χ0) is 14.4. The number of aryl methyl sites for hydroxylation is 1. The number of nitrogens with zero attached hydrogens (tertiary/aromatic N) is 3. The smallest absolute Gasteiger partial charge is 0.341 e. The number of esters is 1. The van der Waals surface area contributed by atoms with Crippen LogP contribution in [-0.2, 0) is 17.6 Å². The minimum Gasteiger partial charge on any atom is -0.462 e. The Kier molecular flexibility index (Phi) is 4.76. The Morgan fingerprint density at radius 2 is 2.00 bits per heavy atom. The molecule has 2 aromatic rings. The molecule has 0 aliphatic carbocycles. The molecular formula is C15H17N3O2. The summed E-state index contributed by atoms with van der Waals surface area (Å²) < 4.78 is 5.00. The number of hydrogen-bond donors (Lipinski definition) is 0. The third-order valence-corrected chi connectivity index (χ3v) is 2.86. The number of carbonyl (C=O) groups excluding carboxylic acids is 1. The van der Waals surface area contributed by atoms with Gasteiger partial charge in [-0.2, -0.15) is 0 Å². The molecule has 5 nitrogen and oxygen atoms in total. The fraction of sp³-hybridized carbons (Fsp3) is 0.333. The van der Waals surface area contributed by atoms with Gasteiger partial charge in [0, 0.05) is 25.0 Å². The zero-order valence-electron chi connectivity index (χ0n) is 11.7. The van der Waals surface area contributed by atoms with Crippen LogP contribution in [0.3, 0.4) is 0 Å². The van der Waals surface area contributed by atoms with Crippen molar-refractivity contribution in [1.29, 1.82) is 0 Å². The second-order valence-electron chi connectivity index (χ2n) is 4.25. The van der Waals surface area contributed by atoms with Gasteiger partial charge in [0.15, 0.2) is 0 Å². The summed E-state index contributed by atoms with van der Waals surface area (Å²) in [5, 5.41) is 0. The molecule has 0 radical (unpaired) electrons. The van der Waals surface area contributed by atoms with Crippen molar-refractivity contribution in [2.75, 3.05) is 6.61 Å². The van der Waals surface area contributed by atoms with Crippen molar-refractivity contribution in [3.63, 3.8) is 0 Å². The van der Waals surface area contributed by atoms with Gasteiger partial charge in [0.25, 0.3) is 0 Å². The molecule has 0 saturated heterocycles. The van der Waals surface area contributed by atoms with Crippen molar-refractivity contribution >= 4 is 5.97 Å². The molecule has 5 heteroatoms. The quantitative estimate of drug-likeness (QED) is 0.780. The van der Waals surface area contributed by atoms with Gasteiger partial charge >= 0.3 is 5.97 Å². The van der Waals surface area contributed by atoms with E-state index in [9.17, 15) is 4.79 Å². The molecule has 104 valence electrons. The number of ether oxygens (including phenoxy) is 1. The summed E-state index contributed by atoms with van der Waals surface area (Å²) in [4.78, 5) is 24.5. The van der Waals surface area contributed by atoms with Crippen molar-refractivity contribution in [2.45, 2.75) is 26.7 Å². The summed E-state index contributed by atoms with van der Waals surface area (Å²) in [7, 11) is 0. The van der Waals surface area contributed by atoms with E-state index in [2.05, 4.69) is 15.0 Å². The molecule has 20 heavy (non-hydrogen) atoms. The molecule has 2 rings (SSSR count). The summed E-state index contributed by atoms with van der Waals surface area (Å²) in [5.41, 5.74) is 2.27. The molecule has 0 unspecified atom stereocenters. The molecular weight excluding hydrogens is 254 g/mol. The predicted molar refractivity (Wildman–Crippen MR) is 74.4 cm³/mol. The standard InChI is InChI=1S/C15H17N3O2/c1-3-13-12(15(19)20-4-2)10-17-14(18-13)9-11-5-7-16-8-6-11/h5-8,10H,3-4,9H2,1-2H3. The molecule has 0 aromatic carbocycles. The van der Waals surface area contributed by atoms with Crippen LogP contribution >= 0.6 is 0 Å². The van der Waals surface area contributed by atoms with E-state index >= 15 is 0 Å². The number of pyridine rings is 1. The van der Waals surface area contributed by atoms with Crippen LogP contribution in [0.15, 0.2) is 30.7 Å². The maximum absolute atomic E-state index is 11.8. The Balaban J connectivity index is 2.23. The maximum atomic E-state index is 11.8. The van der Waals surface area contributed by atoms with Gasteiger partial charge in [-0.05, 0) is 31.0 Å². The molecule has 0 fully saturated rings. The van der Waals surface area contributed by atoms with E-state index in [4.69, 9.17) is 4.74 Å². The van der Waals surface area contributed by atoms with Crippen molar-refractivity contribution < 1.29 is 9.53 Å². The Morgan fingerprint density at radius 1 is 1.25 bits per heavy atom. The summed E-state index contributed by atoms with van der Waals surface area (Å²) in [6.45, 7) is 4.09. The summed E-state index contributed by atoms with van der Waals surface area (Å²) >= 11 is 0. The van der Waals surface area contributed by atoms with Gasteiger partial charge in [0.05, 0.1) is 17.9 Å². The molecule has 0 saturated carbocycles. The van der Waals surface area contributed by atoms with Gasteiger partial charge in [-0.1, -0.05) is 6.92 Å². The van der Waals surface area contributed by atoms with E-state index in [0.717, 1.165) is 11.3 Å². The first-order valence-corrected chi connectivity index (χ1v) is 6.65. The Hall–Kier alpha value is -2.30. The van der Waals surface area contributed by atoms with Crippen LogP contribution in [0.25, 0.3) is 0 Å². The minimum atomic E-state index is -0.361. The van der Waals surface area contributed by atoms with E-state index in [1.807, 2.05) is 19.1 Å². The van der Waals surface area contributed by atoms with Gasteiger partial charge in [-0.15, -0.1) is 0 Å². The van der Waals surface area contributed by atoms with Crippen LogP contribution in [0.4, 0.5) is 0 Å². The molecule has 0 bridgehead atoms. The Morgan fingerprint density at radius 3 is 2.65 bits per heavy atom. The highest BCUT2D eigenvalue weighted by Crippen LogP contribution is 2.11. The van der Waals surface area contributed by atoms with Crippen LogP contribution in [0.2, 0.25) is 0 Å². The lowest BCUT2D eigenvalue weighted by Gasteiger charge is -2.08. The zero-order valence-corrected chi connectivity index (χ0v) is 11.7. The first-order valence-electron chi connectivity index (χ1n) is 6.65. The Labute approximate surface area is 118 Å². The average Bonchev–Trinajstić information content (AvgIpc) is 2.48. The molecule has 2 aromatic heterocycles. The van der Waals surface area contributed by atoms with Crippen LogP contribution in [0.5, 0.6) is 0 Å². The summed E-state index contributed by atoms with van der Waals surface area (Å²) in [6.07, 6.45) is 6.32. The van der Waals surface area contributed by atoms with Gasteiger partial charge in [-0.25, -0.2) is 14.8 Å². The number of rotatable bonds is 5. The number of aromatic nitrogens is 3. The molecule has 2 heterocycles. The van der Waals surface area contributed by atoms with Crippen molar-refractivity contribution in [2.24, 2.45) is 0 Å². The highest BCUT2D eigenvalue weighted by molar-refractivity contribution is 5.90. The normalized spacial score (nSPS) is 10.3. The minimum absolute atomic E-state index is 0.348. The lowest BCUT2D eigenvalue weighted by Crippen LogP contribution is -2.12. The molecule has 0 aliphatic heterocycles. The van der Waals surface area contributed by atoms with Crippen molar-refractivity contribution in [1.82, 2.24) is 15.0 Å².